The zero-order valence-corrected chi connectivity index (χ0v) is 16.3. The molecule has 3 rings (SSSR count). The SMILES string of the molecule is CC(C)C[C@H](NC(=O)[C@H]1Cc2ccccc2CN1)C(=O)NC[C@H]1CCCO1. The molecule has 2 aliphatic rings. The average Bonchev–Trinajstić information content (AvgIpc) is 3.18. The summed E-state index contributed by atoms with van der Waals surface area (Å²) in [7, 11) is 0. The zero-order chi connectivity index (χ0) is 19.2. The average molecular weight is 373 g/mol. The minimum absolute atomic E-state index is 0.0980. The molecule has 3 N–H and O–H groups in total. The number of hydrogen-bond acceptors (Lipinski definition) is 4. The lowest BCUT2D eigenvalue weighted by atomic mass is 9.95. The highest BCUT2D eigenvalue weighted by Gasteiger charge is 2.29. The van der Waals surface area contributed by atoms with Crippen LogP contribution >= 0.6 is 0 Å². The van der Waals surface area contributed by atoms with Crippen LogP contribution in [0.1, 0.15) is 44.2 Å². The number of carbonyl (C=O) groups excluding carboxylic acids is 2. The number of rotatable bonds is 7. The van der Waals surface area contributed by atoms with Crippen molar-refractivity contribution < 1.29 is 14.3 Å². The molecule has 6 nitrogen and oxygen atoms in total. The fraction of sp³-hybridized carbons (Fsp3) is 0.619. The molecule has 6 heteroatoms. The standard InChI is InChI=1S/C21H31N3O3/c1-14(2)10-19(20(25)23-13-17-8-5-9-27-17)24-21(26)18-11-15-6-3-4-7-16(15)12-22-18/h3-4,6-7,14,17-19,22H,5,8-13H2,1-2H3,(H,23,25)(H,24,26)/t17-,18-,19+/m1/s1. The molecule has 2 heterocycles. The first kappa shape index (κ1) is 19.8. The zero-order valence-electron chi connectivity index (χ0n) is 16.3. The van der Waals surface area contributed by atoms with Crippen LogP contribution in [0.3, 0.4) is 0 Å². The Hall–Kier alpha value is -1.92. The van der Waals surface area contributed by atoms with E-state index in [1.165, 1.54) is 11.1 Å². The fourth-order valence-corrected chi connectivity index (χ4v) is 3.76. The van der Waals surface area contributed by atoms with E-state index >= 15 is 0 Å². The number of carbonyl (C=O) groups is 2. The second kappa shape index (κ2) is 9.33. The number of benzene rings is 1. The Morgan fingerprint density at radius 1 is 1.26 bits per heavy atom. The van der Waals surface area contributed by atoms with Crippen molar-refractivity contribution in [1.29, 1.82) is 0 Å². The molecule has 2 amide bonds. The maximum absolute atomic E-state index is 12.8. The molecule has 0 unspecified atom stereocenters. The molecule has 0 spiro atoms. The van der Waals surface area contributed by atoms with E-state index in [1.54, 1.807) is 0 Å². The van der Waals surface area contributed by atoms with E-state index in [9.17, 15) is 9.59 Å². The number of hydrogen-bond donors (Lipinski definition) is 3. The maximum Gasteiger partial charge on any atom is 0.242 e. The largest absolute Gasteiger partial charge is 0.376 e. The van der Waals surface area contributed by atoms with Crippen LogP contribution in [0.25, 0.3) is 0 Å². The summed E-state index contributed by atoms with van der Waals surface area (Å²) in [6.07, 6.45) is 3.38. The molecule has 3 atom stereocenters. The van der Waals surface area contributed by atoms with Gasteiger partial charge >= 0.3 is 0 Å². The van der Waals surface area contributed by atoms with E-state index in [0.717, 1.165) is 19.4 Å². The van der Waals surface area contributed by atoms with E-state index in [1.807, 2.05) is 12.1 Å². The normalized spacial score (nSPS) is 22.9. The van der Waals surface area contributed by atoms with E-state index in [4.69, 9.17) is 4.74 Å². The minimum Gasteiger partial charge on any atom is -0.376 e. The Morgan fingerprint density at radius 3 is 2.74 bits per heavy atom. The third kappa shape index (κ3) is 5.53. The van der Waals surface area contributed by atoms with Crippen molar-refractivity contribution in [3.05, 3.63) is 35.4 Å². The first-order valence-corrected chi connectivity index (χ1v) is 10.0. The van der Waals surface area contributed by atoms with Crippen LogP contribution in [0.5, 0.6) is 0 Å². The third-order valence-electron chi connectivity index (χ3n) is 5.27. The topological polar surface area (TPSA) is 79.5 Å². The van der Waals surface area contributed by atoms with Gasteiger partial charge in [-0.15, -0.1) is 0 Å². The van der Waals surface area contributed by atoms with Crippen molar-refractivity contribution in [2.75, 3.05) is 13.2 Å². The smallest absolute Gasteiger partial charge is 0.242 e. The van der Waals surface area contributed by atoms with Crippen molar-refractivity contribution >= 4 is 11.8 Å². The monoisotopic (exact) mass is 373 g/mol. The van der Waals surface area contributed by atoms with E-state index in [-0.39, 0.29) is 24.0 Å². The summed E-state index contributed by atoms with van der Waals surface area (Å²) >= 11 is 0. The summed E-state index contributed by atoms with van der Waals surface area (Å²) in [5, 5.41) is 9.21. The highest BCUT2D eigenvalue weighted by atomic mass is 16.5. The van der Waals surface area contributed by atoms with Gasteiger partial charge in [0.25, 0.3) is 0 Å². The van der Waals surface area contributed by atoms with E-state index in [2.05, 4.69) is 41.9 Å². The molecule has 1 fully saturated rings. The molecular formula is C21H31N3O3. The lowest BCUT2D eigenvalue weighted by Gasteiger charge is -2.28. The molecule has 1 saturated heterocycles. The first-order chi connectivity index (χ1) is 13.0. The molecule has 0 aromatic heterocycles. The van der Waals surface area contributed by atoms with Gasteiger partial charge in [-0.25, -0.2) is 0 Å². The number of nitrogens with one attached hydrogen (secondary N) is 3. The number of ether oxygens (including phenoxy) is 1. The highest BCUT2D eigenvalue weighted by Crippen LogP contribution is 2.17. The summed E-state index contributed by atoms with van der Waals surface area (Å²) in [6.45, 7) is 6.07. The number of fused-ring (bicyclic) bond motifs is 1. The van der Waals surface area contributed by atoms with Gasteiger partial charge in [-0.05, 0) is 42.7 Å². The predicted octanol–water partition coefficient (Wildman–Crippen LogP) is 1.53. The second-order valence-corrected chi connectivity index (χ2v) is 7.98. The van der Waals surface area contributed by atoms with E-state index in [0.29, 0.717) is 31.8 Å². The molecule has 1 aromatic carbocycles. The summed E-state index contributed by atoms with van der Waals surface area (Å²) < 4.78 is 5.56. The van der Waals surface area contributed by atoms with Gasteiger partial charge in [0, 0.05) is 19.7 Å². The van der Waals surface area contributed by atoms with Gasteiger partial charge in [-0.2, -0.15) is 0 Å². The fourth-order valence-electron chi connectivity index (χ4n) is 3.76. The van der Waals surface area contributed by atoms with Crippen LogP contribution in [0.2, 0.25) is 0 Å². The molecule has 0 saturated carbocycles. The summed E-state index contributed by atoms with van der Waals surface area (Å²) in [5.41, 5.74) is 2.43. The molecule has 1 aromatic rings. The van der Waals surface area contributed by atoms with Gasteiger partial charge in [0.15, 0.2) is 0 Å². The lowest BCUT2D eigenvalue weighted by Crippen LogP contribution is -2.55. The highest BCUT2D eigenvalue weighted by molar-refractivity contribution is 5.90. The summed E-state index contributed by atoms with van der Waals surface area (Å²) in [5.74, 6) is 0.0787. The van der Waals surface area contributed by atoms with Crippen LogP contribution in [0, 0.1) is 5.92 Å². The van der Waals surface area contributed by atoms with Crippen molar-refractivity contribution in [3.63, 3.8) is 0 Å². The Labute approximate surface area is 161 Å². The van der Waals surface area contributed by atoms with Crippen molar-refractivity contribution in [2.45, 2.75) is 64.3 Å². The Bertz CT molecular complexity index is 656. The molecule has 0 bridgehead atoms. The quantitative estimate of drug-likeness (QED) is 0.677. The lowest BCUT2D eigenvalue weighted by molar-refractivity contribution is -0.130. The van der Waals surface area contributed by atoms with Crippen LogP contribution < -0.4 is 16.0 Å². The molecule has 27 heavy (non-hydrogen) atoms. The third-order valence-corrected chi connectivity index (χ3v) is 5.27. The first-order valence-electron chi connectivity index (χ1n) is 10.0. The van der Waals surface area contributed by atoms with Gasteiger partial charge in [-0.3, -0.25) is 9.59 Å². The van der Waals surface area contributed by atoms with Crippen LogP contribution in [-0.4, -0.2) is 43.2 Å². The molecule has 0 radical (unpaired) electrons. The van der Waals surface area contributed by atoms with Crippen LogP contribution in [-0.2, 0) is 27.3 Å². The van der Waals surface area contributed by atoms with Gasteiger partial charge < -0.3 is 20.7 Å². The van der Waals surface area contributed by atoms with E-state index < -0.39 is 6.04 Å². The molecule has 2 aliphatic heterocycles. The van der Waals surface area contributed by atoms with Gasteiger partial charge in [-0.1, -0.05) is 38.1 Å². The Balaban J connectivity index is 1.56. The van der Waals surface area contributed by atoms with Crippen LogP contribution in [0.15, 0.2) is 24.3 Å². The number of amides is 2. The summed E-state index contributed by atoms with van der Waals surface area (Å²) in [4.78, 5) is 25.4. The molecular weight excluding hydrogens is 342 g/mol. The molecule has 0 aliphatic carbocycles. The van der Waals surface area contributed by atoms with Crippen molar-refractivity contribution in [1.82, 2.24) is 16.0 Å². The van der Waals surface area contributed by atoms with Gasteiger partial charge in [0.05, 0.1) is 12.1 Å². The van der Waals surface area contributed by atoms with Crippen molar-refractivity contribution in [2.24, 2.45) is 5.92 Å². The van der Waals surface area contributed by atoms with Gasteiger partial charge in [0.2, 0.25) is 11.8 Å². The minimum atomic E-state index is -0.516. The Morgan fingerprint density at radius 2 is 2.04 bits per heavy atom. The van der Waals surface area contributed by atoms with Gasteiger partial charge in [0.1, 0.15) is 6.04 Å². The maximum atomic E-state index is 12.8. The second-order valence-electron chi connectivity index (χ2n) is 7.98. The molecule has 148 valence electrons. The Kier molecular flexibility index (Phi) is 6.85. The summed E-state index contributed by atoms with van der Waals surface area (Å²) in [6, 6.07) is 7.34. The van der Waals surface area contributed by atoms with Crippen molar-refractivity contribution in [3.8, 4) is 0 Å². The predicted molar refractivity (Wildman–Crippen MR) is 104 cm³/mol. The van der Waals surface area contributed by atoms with Crippen LogP contribution in [0.4, 0.5) is 0 Å².